The summed E-state index contributed by atoms with van der Waals surface area (Å²) >= 11 is 0. The maximum atomic E-state index is 12.0. The van der Waals surface area contributed by atoms with E-state index in [0.29, 0.717) is 18.7 Å². The summed E-state index contributed by atoms with van der Waals surface area (Å²) in [6, 6.07) is 7.02. The first-order chi connectivity index (χ1) is 9.52. The highest BCUT2D eigenvalue weighted by molar-refractivity contribution is 5.97. The zero-order valence-electron chi connectivity index (χ0n) is 12.0. The number of aliphatic carboxylic acids is 1. The number of ketones is 1. The molecule has 0 spiro atoms. The van der Waals surface area contributed by atoms with Gasteiger partial charge in [-0.15, -0.1) is 0 Å². The quantitative estimate of drug-likeness (QED) is 0.701. The largest absolute Gasteiger partial charge is 0.494 e. The van der Waals surface area contributed by atoms with E-state index < -0.39 is 5.97 Å². The molecule has 0 bridgehead atoms. The summed E-state index contributed by atoms with van der Waals surface area (Å²) in [6.07, 6.45) is 0.975. The molecule has 1 aromatic carbocycles. The van der Waals surface area contributed by atoms with Gasteiger partial charge in [-0.3, -0.25) is 14.5 Å². The van der Waals surface area contributed by atoms with Crippen LogP contribution >= 0.6 is 0 Å². The lowest BCUT2D eigenvalue weighted by molar-refractivity contribution is -0.137. The van der Waals surface area contributed by atoms with Crippen LogP contribution in [0.1, 0.15) is 30.1 Å². The lowest BCUT2D eigenvalue weighted by atomic mass is 10.1. The van der Waals surface area contributed by atoms with E-state index in [2.05, 4.69) is 0 Å². The number of carbonyl (C=O) groups is 2. The number of carbonyl (C=O) groups excluding carboxylic acids is 1. The number of hydrogen-bond donors (Lipinski definition) is 1. The SMILES string of the molecule is CCCOc1ccc(C(=O)CN(C)CCC(=O)O)cc1. The molecule has 0 saturated carbocycles. The number of hydrogen-bond acceptors (Lipinski definition) is 4. The average Bonchev–Trinajstić information content (AvgIpc) is 2.43. The lowest BCUT2D eigenvalue weighted by Crippen LogP contribution is -2.28. The van der Waals surface area contributed by atoms with Gasteiger partial charge in [0.05, 0.1) is 19.6 Å². The fourth-order valence-corrected chi connectivity index (χ4v) is 1.66. The maximum Gasteiger partial charge on any atom is 0.304 e. The van der Waals surface area contributed by atoms with E-state index in [0.717, 1.165) is 12.2 Å². The highest BCUT2D eigenvalue weighted by Gasteiger charge is 2.10. The molecule has 0 saturated heterocycles. The van der Waals surface area contributed by atoms with Crippen molar-refractivity contribution in [2.24, 2.45) is 0 Å². The number of carboxylic acids is 1. The predicted molar refractivity (Wildman–Crippen MR) is 76.3 cm³/mol. The number of Topliss-reactive ketones (excluding diaryl/α,β-unsaturated/α-hetero) is 1. The third-order valence-corrected chi connectivity index (χ3v) is 2.77. The molecule has 0 heterocycles. The van der Waals surface area contributed by atoms with Crippen molar-refractivity contribution < 1.29 is 19.4 Å². The molecule has 0 aliphatic heterocycles. The summed E-state index contributed by atoms with van der Waals surface area (Å²) in [7, 11) is 1.74. The number of likely N-dealkylation sites (N-methyl/N-ethyl adjacent to an activating group) is 1. The van der Waals surface area contributed by atoms with Gasteiger partial charge >= 0.3 is 5.97 Å². The van der Waals surface area contributed by atoms with E-state index in [1.807, 2.05) is 6.92 Å². The summed E-state index contributed by atoms with van der Waals surface area (Å²) in [5.41, 5.74) is 0.607. The molecular formula is C15H21NO4. The third-order valence-electron chi connectivity index (χ3n) is 2.77. The Bertz CT molecular complexity index is 442. The summed E-state index contributed by atoms with van der Waals surface area (Å²) in [4.78, 5) is 24.2. The van der Waals surface area contributed by atoms with Crippen LogP contribution in [0.4, 0.5) is 0 Å². The Labute approximate surface area is 119 Å². The molecule has 1 rings (SSSR count). The molecule has 5 heteroatoms. The van der Waals surface area contributed by atoms with E-state index in [9.17, 15) is 9.59 Å². The molecule has 1 aromatic rings. The smallest absolute Gasteiger partial charge is 0.304 e. The van der Waals surface area contributed by atoms with Gasteiger partial charge in [-0.2, -0.15) is 0 Å². The highest BCUT2D eigenvalue weighted by atomic mass is 16.5. The van der Waals surface area contributed by atoms with E-state index in [4.69, 9.17) is 9.84 Å². The van der Waals surface area contributed by atoms with Crippen molar-refractivity contribution in [3.63, 3.8) is 0 Å². The molecular weight excluding hydrogens is 258 g/mol. The second-order valence-electron chi connectivity index (χ2n) is 4.68. The minimum atomic E-state index is -0.860. The van der Waals surface area contributed by atoms with Gasteiger partial charge in [0.2, 0.25) is 0 Å². The Balaban J connectivity index is 2.48. The van der Waals surface area contributed by atoms with Crippen molar-refractivity contribution >= 4 is 11.8 Å². The van der Waals surface area contributed by atoms with Gasteiger partial charge in [0.15, 0.2) is 5.78 Å². The third kappa shape index (κ3) is 5.84. The zero-order valence-corrected chi connectivity index (χ0v) is 12.0. The summed E-state index contributed by atoms with van der Waals surface area (Å²) in [6.45, 7) is 3.26. The van der Waals surface area contributed by atoms with Crippen LogP contribution in [-0.2, 0) is 4.79 Å². The van der Waals surface area contributed by atoms with Crippen molar-refractivity contribution in [1.82, 2.24) is 4.90 Å². The van der Waals surface area contributed by atoms with Crippen LogP contribution in [0.3, 0.4) is 0 Å². The van der Waals surface area contributed by atoms with Gasteiger partial charge in [0.1, 0.15) is 5.75 Å². The zero-order chi connectivity index (χ0) is 15.0. The molecule has 0 aliphatic carbocycles. The van der Waals surface area contributed by atoms with E-state index in [1.165, 1.54) is 0 Å². The van der Waals surface area contributed by atoms with E-state index >= 15 is 0 Å². The fourth-order valence-electron chi connectivity index (χ4n) is 1.66. The summed E-state index contributed by atoms with van der Waals surface area (Å²) in [5.74, 6) is -0.135. The van der Waals surface area contributed by atoms with Crippen molar-refractivity contribution in [1.29, 1.82) is 0 Å². The monoisotopic (exact) mass is 279 g/mol. The average molecular weight is 279 g/mol. The molecule has 5 nitrogen and oxygen atoms in total. The topological polar surface area (TPSA) is 66.8 Å². The summed E-state index contributed by atoms with van der Waals surface area (Å²) < 4.78 is 5.45. The molecule has 0 radical (unpaired) electrons. The molecule has 110 valence electrons. The van der Waals surface area contributed by atoms with Crippen LogP contribution < -0.4 is 4.74 Å². The Morgan fingerprint density at radius 3 is 2.45 bits per heavy atom. The van der Waals surface area contributed by atoms with E-state index in [1.54, 1.807) is 36.2 Å². The number of carboxylic acid groups (broad SMARTS) is 1. The molecule has 1 N–H and O–H groups in total. The van der Waals surface area contributed by atoms with E-state index in [-0.39, 0.29) is 18.7 Å². The number of ether oxygens (including phenoxy) is 1. The molecule has 0 unspecified atom stereocenters. The molecule has 0 aromatic heterocycles. The van der Waals surface area contributed by atoms with Crippen LogP contribution in [0.15, 0.2) is 24.3 Å². The van der Waals surface area contributed by atoms with Crippen molar-refractivity contribution in [2.75, 3.05) is 26.7 Å². The first-order valence-corrected chi connectivity index (χ1v) is 6.69. The minimum absolute atomic E-state index is 0.0278. The Kier molecular flexibility index (Phi) is 6.73. The van der Waals surface area contributed by atoms with Gasteiger partial charge in [-0.05, 0) is 37.7 Å². The maximum absolute atomic E-state index is 12.0. The van der Waals surface area contributed by atoms with Crippen LogP contribution in [-0.4, -0.2) is 48.5 Å². The minimum Gasteiger partial charge on any atom is -0.494 e. The van der Waals surface area contributed by atoms with Crippen LogP contribution in [0, 0.1) is 0 Å². The van der Waals surface area contributed by atoms with Crippen molar-refractivity contribution in [2.45, 2.75) is 19.8 Å². The Morgan fingerprint density at radius 1 is 1.25 bits per heavy atom. The molecule has 0 amide bonds. The number of nitrogens with zero attached hydrogens (tertiary/aromatic N) is 1. The fraction of sp³-hybridized carbons (Fsp3) is 0.467. The Hall–Kier alpha value is -1.88. The standard InChI is InChI=1S/C15H21NO4/c1-3-10-20-13-6-4-12(5-7-13)14(17)11-16(2)9-8-15(18)19/h4-7H,3,8-11H2,1-2H3,(H,18,19). The normalized spacial score (nSPS) is 10.6. The molecule has 0 aliphatic rings. The van der Waals surface area contributed by atoms with Gasteiger partial charge in [0.25, 0.3) is 0 Å². The first kappa shape index (κ1) is 16.2. The van der Waals surface area contributed by atoms with Crippen molar-refractivity contribution in [3.05, 3.63) is 29.8 Å². The van der Waals surface area contributed by atoms with Gasteiger partial charge < -0.3 is 9.84 Å². The van der Waals surface area contributed by atoms with Crippen LogP contribution in [0.25, 0.3) is 0 Å². The Morgan fingerprint density at radius 2 is 1.90 bits per heavy atom. The van der Waals surface area contributed by atoms with Gasteiger partial charge in [-0.25, -0.2) is 0 Å². The second kappa shape index (κ2) is 8.32. The number of rotatable bonds is 9. The number of benzene rings is 1. The van der Waals surface area contributed by atoms with Gasteiger partial charge in [0, 0.05) is 12.1 Å². The van der Waals surface area contributed by atoms with Gasteiger partial charge in [-0.1, -0.05) is 6.92 Å². The highest BCUT2D eigenvalue weighted by Crippen LogP contribution is 2.13. The molecule has 0 atom stereocenters. The molecule has 0 fully saturated rings. The molecule has 20 heavy (non-hydrogen) atoms. The van der Waals surface area contributed by atoms with Crippen LogP contribution in [0.2, 0.25) is 0 Å². The predicted octanol–water partition coefficient (Wildman–Crippen LogP) is 2.06. The van der Waals surface area contributed by atoms with Crippen molar-refractivity contribution in [3.8, 4) is 5.75 Å². The second-order valence-corrected chi connectivity index (χ2v) is 4.68. The summed E-state index contributed by atoms with van der Waals surface area (Å²) in [5, 5.41) is 8.59. The lowest BCUT2D eigenvalue weighted by Gasteiger charge is -2.14. The van der Waals surface area contributed by atoms with Crippen LogP contribution in [0.5, 0.6) is 5.75 Å². The first-order valence-electron chi connectivity index (χ1n) is 6.69.